The molecule has 1 fully saturated rings. The van der Waals surface area contributed by atoms with Gasteiger partial charge in [-0.1, -0.05) is 15.9 Å². The van der Waals surface area contributed by atoms with Crippen LogP contribution >= 0.6 is 23.7 Å². The fourth-order valence-corrected chi connectivity index (χ4v) is 5.57. The van der Waals surface area contributed by atoms with Crippen LogP contribution in [0.5, 0.6) is 5.75 Å². The van der Waals surface area contributed by atoms with Gasteiger partial charge in [0, 0.05) is 24.8 Å². The number of rotatable bonds is 11. The second-order valence-electron chi connectivity index (χ2n) is 8.84. The van der Waals surface area contributed by atoms with Gasteiger partial charge in [-0.3, -0.25) is 33.8 Å². The van der Waals surface area contributed by atoms with Crippen molar-refractivity contribution in [3.8, 4) is 5.75 Å². The number of carbonyl (C=O) groups is 1. The monoisotopic (exact) mass is 632 g/mol. The molecule has 1 aromatic carbocycles. The number of aliphatic hydroxyl groups is 1. The van der Waals surface area contributed by atoms with Gasteiger partial charge in [0.05, 0.1) is 30.3 Å². The summed E-state index contributed by atoms with van der Waals surface area (Å²) in [5.74, 6) is -0.864. The van der Waals surface area contributed by atoms with Crippen LogP contribution < -0.4 is 20.9 Å². The topological polar surface area (TPSA) is 201 Å². The molecule has 3 rings (SSSR count). The van der Waals surface area contributed by atoms with Crippen LogP contribution in [0.25, 0.3) is 6.08 Å². The molecule has 2 aromatic rings. The van der Waals surface area contributed by atoms with Gasteiger partial charge in [-0.15, -0.1) is 0 Å². The number of hydrogen-bond acceptors (Lipinski definition) is 11. The number of carbonyl (C=O) groups excluding carboxylic acids is 1. The van der Waals surface area contributed by atoms with Crippen LogP contribution in [0.4, 0.5) is 5.69 Å². The number of benzene rings is 1. The lowest BCUT2D eigenvalue weighted by Gasteiger charge is -2.29. The third kappa shape index (κ3) is 7.50. The zero-order valence-electron chi connectivity index (χ0n) is 20.9. The van der Waals surface area contributed by atoms with Gasteiger partial charge in [-0.25, -0.2) is 9.36 Å². The Bertz CT molecular complexity index is 1410. The number of nitrogens with one attached hydrogen (secondary N) is 2. The van der Waals surface area contributed by atoms with E-state index in [1.54, 1.807) is 0 Å². The molecule has 1 unspecified atom stereocenters. The number of H-pyrrole nitrogens is 1. The molecule has 212 valence electrons. The Morgan fingerprint density at radius 2 is 2.05 bits per heavy atom. The number of nitro groups is 1. The molecule has 2 heterocycles. The van der Waals surface area contributed by atoms with Gasteiger partial charge in [-0.2, -0.15) is 5.09 Å². The van der Waals surface area contributed by atoms with Gasteiger partial charge in [0.1, 0.15) is 23.6 Å². The minimum atomic E-state index is -4.41. The SMILES string of the molecule is COC(=O)C(C)(C)NP(=O)(OC[C@H]1O[C@@H](n2cc(/C=C/Br)c(=O)[nH]c2=O)C[C@H]1O)Oc1ccc([N+](=O)[O-])cc1. The Morgan fingerprint density at radius 3 is 2.64 bits per heavy atom. The maximum absolute atomic E-state index is 13.7. The number of non-ortho nitro benzene ring substituents is 1. The third-order valence-corrected chi connectivity index (χ3v) is 7.58. The van der Waals surface area contributed by atoms with Gasteiger partial charge in [0.25, 0.3) is 11.2 Å². The molecule has 15 nitrogen and oxygen atoms in total. The second-order valence-corrected chi connectivity index (χ2v) is 11.0. The predicted molar refractivity (Wildman–Crippen MR) is 140 cm³/mol. The molecular formula is C22H26BrN4O11P. The molecule has 0 saturated carbocycles. The maximum Gasteiger partial charge on any atom is 0.459 e. The summed E-state index contributed by atoms with van der Waals surface area (Å²) in [7, 11) is -3.28. The number of esters is 1. The number of ether oxygens (including phenoxy) is 2. The summed E-state index contributed by atoms with van der Waals surface area (Å²) in [6.07, 6.45) is -0.642. The Hall–Kier alpha value is -3.14. The Kier molecular flexibility index (Phi) is 9.64. The molecule has 3 N–H and O–H groups in total. The van der Waals surface area contributed by atoms with Crippen molar-refractivity contribution < 1.29 is 37.9 Å². The normalized spacial score (nSPS) is 21.0. The van der Waals surface area contributed by atoms with Gasteiger partial charge >= 0.3 is 19.4 Å². The molecule has 1 aliphatic heterocycles. The van der Waals surface area contributed by atoms with Crippen LogP contribution in [0.2, 0.25) is 0 Å². The second kappa shape index (κ2) is 12.4. The van der Waals surface area contributed by atoms with E-state index in [1.807, 2.05) is 0 Å². The highest BCUT2D eigenvalue weighted by atomic mass is 79.9. The Labute approximate surface area is 229 Å². The number of methoxy groups -OCH3 is 1. The lowest BCUT2D eigenvalue weighted by Crippen LogP contribution is -2.47. The first-order chi connectivity index (χ1) is 18.3. The lowest BCUT2D eigenvalue weighted by atomic mass is 10.1. The van der Waals surface area contributed by atoms with E-state index < -0.39 is 60.5 Å². The minimum Gasteiger partial charge on any atom is -0.468 e. The lowest BCUT2D eigenvalue weighted by molar-refractivity contribution is -0.384. The van der Waals surface area contributed by atoms with Crippen molar-refractivity contribution in [2.45, 2.75) is 44.2 Å². The summed E-state index contributed by atoms with van der Waals surface area (Å²) in [4.78, 5) is 50.4. The van der Waals surface area contributed by atoms with Crippen molar-refractivity contribution in [2.75, 3.05) is 13.7 Å². The van der Waals surface area contributed by atoms with Crippen LogP contribution in [-0.4, -0.2) is 57.0 Å². The molecule has 0 amide bonds. The third-order valence-electron chi connectivity index (χ3n) is 5.55. The standard InChI is InChI=1S/C22H26BrN4O11P/c1-22(2,20(30)35-3)25-39(34,38-15-6-4-14(5-7-15)27(32)33)36-12-17-16(28)10-18(37-17)26-11-13(8-9-23)19(29)24-21(26)31/h4-9,11,16-18,28H,10,12H2,1-3H3,(H,25,34)(H,24,29,31)/b9-8+/t16-,17-,18-,39?/m1/s1. The average Bonchev–Trinajstić information content (AvgIpc) is 3.24. The first-order valence-electron chi connectivity index (χ1n) is 11.3. The predicted octanol–water partition coefficient (Wildman–Crippen LogP) is 2.20. The quantitative estimate of drug-likeness (QED) is 0.141. The van der Waals surface area contributed by atoms with Crippen molar-refractivity contribution in [3.05, 3.63) is 72.0 Å². The Morgan fingerprint density at radius 1 is 1.38 bits per heavy atom. The first kappa shape index (κ1) is 30.4. The number of hydrogen-bond donors (Lipinski definition) is 3. The molecule has 17 heteroatoms. The van der Waals surface area contributed by atoms with Gasteiger partial charge in [0.15, 0.2) is 0 Å². The molecule has 0 bridgehead atoms. The molecule has 4 atom stereocenters. The summed E-state index contributed by atoms with van der Waals surface area (Å²) in [6, 6.07) is 4.64. The molecule has 0 spiro atoms. The van der Waals surface area contributed by atoms with Crippen LogP contribution in [0.1, 0.15) is 32.1 Å². The minimum absolute atomic E-state index is 0.0635. The van der Waals surface area contributed by atoms with Gasteiger partial charge in [-0.05, 0) is 37.0 Å². The number of nitro benzene ring substituents is 1. The summed E-state index contributed by atoms with van der Waals surface area (Å²) in [5.41, 5.74) is -3.03. The summed E-state index contributed by atoms with van der Waals surface area (Å²) in [5, 5.41) is 24.0. The average molecular weight is 633 g/mol. The molecular weight excluding hydrogens is 607 g/mol. The zero-order valence-corrected chi connectivity index (χ0v) is 23.4. The number of aromatic amines is 1. The van der Waals surface area contributed by atoms with E-state index >= 15 is 0 Å². The zero-order chi connectivity index (χ0) is 29.0. The van der Waals surface area contributed by atoms with Crippen LogP contribution in [0.15, 0.2) is 45.0 Å². The Balaban J connectivity index is 1.81. The molecule has 39 heavy (non-hydrogen) atoms. The van der Waals surface area contributed by atoms with Crippen molar-refractivity contribution in [1.82, 2.24) is 14.6 Å². The highest BCUT2D eigenvalue weighted by Gasteiger charge is 2.43. The van der Waals surface area contributed by atoms with E-state index in [2.05, 4.69) is 26.0 Å². The van der Waals surface area contributed by atoms with E-state index in [9.17, 15) is 34.2 Å². The van der Waals surface area contributed by atoms with Crippen molar-refractivity contribution in [1.29, 1.82) is 0 Å². The molecule has 1 saturated heterocycles. The van der Waals surface area contributed by atoms with E-state index in [0.717, 1.165) is 23.8 Å². The smallest absolute Gasteiger partial charge is 0.459 e. The molecule has 1 aromatic heterocycles. The van der Waals surface area contributed by atoms with E-state index in [4.69, 9.17) is 18.5 Å². The van der Waals surface area contributed by atoms with Crippen LogP contribution in [-0.2, 0) is 23.4 Å². The number of nitrogens with zero attached hydrogens (tertiary/aromatic N) is 2. The largest absolute Gasteiger partial charge is 0.468 e. The van der Waals surface area contributed by atoms with Crippen LogP contribution in [0.3, 0.4) is 0 Å². The highest BCUT2D eigenvalue weighted by molar-refractivity contribution is 9.11. The van der Waals surface area contributed by atoms with Crippen molar-refractivity contribution in [2.24, 2.45) is 0 Å². The molecule has 1 aliphatic rings. The maximum atomic E-state index is 13.7. The number of aromatic nitrogens is 2. The van der Waals surface area contributed by atoms with Gasteiger partial charge in [0.2, 0.25) is 0 Å². The van der Waals surface area contributed by atoms with Crippen molar-refractivity contribution in [3.63, 3.8) is 0 Å². The molecule has 0 aliphatic carbocycles. The fourth-order valence-electron chi connectivity index (χ4n) is 3.60. The number of aliphatic hydroxyl groups excluding tert-OH is 1. The number of halogens is 1. The summed E-state index contributed by atoms with van der Waals surface area (Å²) < 4.78 is 36.3. The fraction of sp³-hybridized carbons (Fsp3) is 0.409. The van der Waals surface area contributed by atoms with Crippen LogP contribution in [0, 0.1) is 10.1 Å². The van der Waals surface area contributed by atoms with E-state index in [0.29, 0.717) is 0 Å². The highest BCUT2D eigenvalue weighted by Crippen LogP contribution is 2.47. The molecule has 0 radical (unpaired) electrons. The van der Waals surface area contributed by atoms with E-state index in [-0.39, 0.29) is 23.4 Å². The van der Waals surface area contributed by atoms with Gasteiger partial charge < -0.3 is 19.1 Å². The summed E-state index contributed by atoms with van der Waals surface area (Å²) in [6.45, 7) is 2.22. The van der Waals surface area contributed by atoms with Crippen molar-refractivity contribution >= 4 is 41.4 Å². The summed E-state index contributed by atoms with van der Waals surface area (Å²) >= 11 is 3.06. The van der Waals surface area contributed by atoms with E-state index in [1.165, 1.54) is 43.2 Å². The first-order valence-corrected chi connectivity index (χ1v) is 13.8.